The zero-order chi connectivity index (χ0) is 23.1. The molecule has 0 atom stereocenters. The van der Waals surface area contributed by atoms with Gasteiger partial charge in [0.1, 0.15) is 5.76 Å². The minimum absolute atomic E-state index is 0.0555. The molecule has 1 aromatic carbocycles. The number of amides is 2. The van der Waals surface area contributed by atoms with Gasteiger partial charge in [0, 0.05) is 30.9 Å². The van der Waals surface area contributed by atoms with Crippen LogP contribution in [0.3, 0.4) is 0 Å². The van der Waals surface area contributed by atoms with Crippen molar-refractivity contribution in [2.75, 3.05) is 24.2 Å². The van der Waals surface area contributed by atoms with Crippen molar-refractivity contribution in [2.24, 2.45) is 0 Å². The molecule has 0 spiro atoms. The van der Waals surface area contributed by atoms with Gasteiger partial charge in [-0.2, -0.15) is 0 Å². The van der Waals surface area contributed by atoms with Gasteiger partial charge in [-0.3, -0.25) is 14.2 Å². The summed E-state index contributed by atoms with van der Waals surface area (Å²) >= 11 is 1.28. The average molecular weight is 454 g/mol. The Hall–Kier alpha value is -3.33. The van der Waals surface area contributed by atoms with E-state index >= 15 is 0 Å². The molecule has 0 bridgehead atoms. The minimum atomic E-state index is -0.198. The van der Waals surface area contributed by atoms with Crippen LogP contribution >= 0.6 is 11.8 Å². The molecule has 0 radical (unpaired) electrons. The Bertz CT molecular complexity index is 1100. The zero-order valence-corrected chi connectivity index (χ0v) is 19.3. The van der Waals surface area contributed by atoms with Crippen molar-refractivity contribution in [3.05, 3.63) is 60.6 Å². The largest absolute Gasteiger partial charge is 0.469 e. The van der Waals surface area contributed by atoms with Gasteiger partial charge in [-0.15, -0.1) is 16.8 Å². The SMILES string of the molecule is C=CCn1c(SCC(=O)Nc2cccc(C(=O)N(CC)CC)c2)nnc1-c1ccoc1C. The fourth-order valence-electron chi connectivity index (χ4n) is 3.26. The third kappa shape index (κ3) is 5.28. The van der Waals surface area contributed by atoms with Crippen molar-refractivity contribution in [1.29, 1.82) is 0 Å². The number of anilines is 1. The second kappa shape index (κ2) is 10.8. The van der Waals surface area contributed by atoms with E-state index in [1.54, 1.807) is 41.5 Å². The number of hydrogen-bond donors (Lipinski definition) is 1. The normalized spacial score (nSPS) is 10.7. The van der Waals surface area contributed by atoms with Gasteiger partial charge in [0.15, 0.2) is 11.0 Å². The van der Waals surface area contributed by atoms with Crippen LogP contribution < -0.4 is 5.32 Å². The second-order valence-electron chi connectivity index (χ2n) is 6.99. The van der Waals surface area contributed by atoms with Gasteiger partial charge in [-0.1, -0.05) is 23.9 Å². The molecule has 0 aliphatic rings. The number of furan rings is 1. The zero-order valence-electron chi connectivity index (χ0n) is 18.5. The Morgan fingerprint density at radius 1 is 1.25 bits per heavy atom. The van der Waals surface area contributed by atoms with Crippen LogP contribution in [0.2, 0.25) is 0 Å². The van der Waals surface area contributed by atoms with E-state index in [0.29, 0.717) is 41.9 Å². The van der Waals surface area contributed by atoms with Crippen molar-refractivity contribution in [3.63, 3.8) is 0 Å². The number of carbonyl (C=O) groups excluding carboxylic acids is 2. The van der Waals surface area contributed by atoms with Crippen molar-refractivity contribution < 1.29 is 14.0 Å². The molecule has 9 heteroatoms. The first kappa shape index (κ1) is 23.3. The predicted octanol–water partition coefficient (Wildman–Crippen LogP) is 4.25. The Labute approximate surface area is 191 Å². The van der Waals surface area contributed by atoms with Crippen LogP contribution in [-0.4, -0.2) is 50.3 Å². The summed E-state index contributed by atoms with van der Waals surface area (Å²) in [5.74, 6) is 1.31. The quantitative estimate of drug-likeness (QED) is 0.364. The van der Waals surface area contributed by atoms with E-state index in [1.165, 1.54) is 11.8 Å². The molecule has 2 amide bonds. The Morgan fingerprint density at radius 3 is 2.69 bits per heavy atom. The van der Waals surface area contributed by atoms with Crippen molar-refractivity contribution >= 4 is 29.3 Å². The van der Waals surface area contributed by atoms with Crippen LogP contribution in [-0.2, 0) is 11.3 Å². The van der Waals surface area contributed by atoms with Gasteiger partial charge in [0.05, 0.1) is 17.6 Å². The Morgan fingerprint density at radius 2 is 2.03 bits per heavy atom. The highest BCUT2D eigenvalue weighted by atomic mass is 32.2. The number of allylic oxidation sites excluding steroid dienone is 1. The Kier molecular flexibility index (Phi) is 7.88. The molecule has 2 heterocycles. The lowest BCUT2D eigenvalue weighted by Gasteiger charge is -2.19. The summed E-state index contributed by atoms with van der Waals surface area (Å²) in [6.07, 6.45) is 3.36. The van der Waals surface area contributed by atoms with E-state index in [-0.39, 0.29) is 17.6 Å². The Balaban J connectivity index is 1.68. The third-order valence-electron chi connectivity index (χ3n) is 4.90. The van der Waals surface area contributed by atoms with Gasteiger partial charge < -0.3 is 14.6 Å². The number of nitrogens with one attached hydrogen (secondary N) is 1. The summed E-state index contributed by atoms with van der Waals surface area (Å²) in [7, 11) is 0. The van der Waals surface area contributed by atoms with E-state index < -0.39 is 0 Å². The summed E-state index contributed by atoms with van der Waals surface area (Å²) in [4.78, 5) is 26.8. The van der Waals surface area contributed by atoms with Gasteiger partial charge >= 0.3 is 0 Å². The molecule has 0 fully saturated rings. The fraction of sp³-hybridized carbons (Fsp3) is 0.304. The number of aromatic nitrogens is 3. The van der Waals surface area contributed by atoms with Crippen LogP contribution in [0.1, 0.15) is 30.0 Å². The van der Waals surface area contributed by atoms with Crippen LogP contribution in [0, 0.1) is 6.92 Å². The number of hydrogen-bond acceptors (Lipinski definition) is 6. The number of rotatable bonds is 10. The smallest absolute Gasteiger partial charge is 0.253 e. The summed E-state index contributed by atoms with van der Waals surface area (Å²) in [6.45, 7) is 11.3. The highest BCUT2D eigenvalue weighted by Crippen LogP contribution is 2.27. The maximum Gasteiger partial charge on any atom is 0.253 e. The topological polar surface area (TPSA) is 93.3 Å². The summed E-state index contributed by atoms with van der Waals surface area (Å²) in [6, 6.07) is 8.82. The van der Waals surface area contributed by atoms with Crippen LogP contribution in [0.5, 0.6) is 0 Å². The van der Waals surface area contributed by atoms with Crippen molar-refractivity contribution in [2.45, 2.75) is 32.5 Å². The van der Waals surface area contributed by atoms with Gasteiger partial charge in [0.2, 0.25) is 5.91 Å². The summed E-state index contributed by atoms with van der Waals surface area (Å²) in [5.41, 5.74) is 1.98. The van der Waals surface area contributed by atoms with E-state index in [9.17, 15) is 9.59 Å². The molecule has 3 aromatic rings. The first-order chi connectivity index (χ1) is 15.5. The number of carbonyl (C=O) groups is 2. The molecule has 32 heavy (non-hydrogen) atoms. The number of nitrogens with zero attached hydrogens (tertiary/aromatic N) is 4. The van der Waals surface area contributed by atoms with Gasteiger partial charge in [0.25, 0.3) is 5.91 Å². The molecule has 0 unspecified atom stereocenters. The minimum Gasteiger partial charge on any atom is -0.469 e. The second-order valence-corrected chi connectivity index (χ2v) is 7.93. The number of benzene rings is 1. The maximum atomic E-state index is 12.6. The highest BCUT2D eigenvalue weighted by molar-refractivity contribution is 7.99. The van der Waals surface area contributed by atoms with Crippen molar-refractivity contribution in [3.8, 4) is 11.4 Å². The van der Waals surface area contributed by atoms with E-state index in [2.05, 4.69) is 22.1 Å². The first-order valence-electron chi connectivity index (χ1n) is 10.4. The third-order valence-corrected chi connectivity index (χ3v) is 5.87. The monoisotopic (exact) mass is 453 g/mol. The van der Waals surface area contributed by atoms with Crippen LogP contribution in [0.4, 0.5) is 5.69 Å². The highest BCUT2D eigenvalue weighted by Gasteiger charge is 2.18. The van der Waals surface area contributed by atoms with Crippen LogP contribution in [0.15, 0.2) is 58.8 Å². The molecule has 0 aliphatic heterocycles. The average Bonchev–Trinajstić information content (AvgIpc) is 3.39. The first-order valence-corrected chi connectivity index (χ1v) is 11.4. The molecular weight excluding hydrogens is 426 g/mol. The van der Waals surface area contributed by atoms with Gasteiger partial charge in [-0.25, -0.2) is 0 Å². The molecule has 2 aromatic heterocycles. The fourth-order valence-corrected chi connectivity index (χ4v) is 4.00. The standard InChI is InChI=1S/C23H27N5O3S/c1-5-12-28-21(19-11-13-31-16(19)4)25-26-23(28)32-15-20(29)24-18-10-8-9-17(14-18)22(30)27(6-2)7-3/h5,8-11,13-14H,1,6-7,12,15H2,2-4H3,(H,24,29). The van der Waals surface area contributed by atoms with Crippen molar-refractivity contribution in [1.82, 2.24) is 19.7 Å². The van der Waals surface area contributed by atoms with Gasteiger partial charge in [-0.05, 0) is 45.0 Å². The van der Waals surface area contributed by atoms with E-state index in [4.69, 9.17) is 4.42 Å². The number of thioether (sulfide) groups is 1. The molecular formula is C23H27N5O3S. The number of aryl methyl sites for hydroxylation is 1. The van der Waals surface area contributed by atoms with E-state index in [0.717, 1.165) is 11.3 Å². The maximum absolute atomic E-state index is 12.6. The van der Waals surface area contributed by atoms with Crippen LogP contribution in [0.25, 0.3) is 11.4 Å². The summed E-state index contributed by atoms with van der Waals surface area (Å²) in [5, 5.41) is 12.0. The lowest BCUT2D eigenvalue weighted by Crippen LogP contribution is -2.30. The molecule has 1 N–H and O–H groups in total. The predicted molar refractivity (Wildman–Crippen MR) is 126 cm³/mol. The molecule has 3 rings (SSSR count). The summed E-state index contributed by atoms with van der Waals surface area (Å²) < 4.78 is 7.27. The lowest BCUT2D eigenvalue weighted by molar-refractivity contribution is -0.113. The lowest BCUT2D eigenvalue weighted by atomic mass is 10.1. The molecule has 0 saturated carbocycles. The molecule has 168 valence electrons. The molecule has 0 aliphatic carbocycles. The molecule has 0 saturated heterocycles. The molecule has 8 nitrogen and oxygen atoms in total. The van der Waals surface area contributed by atoms with E-state index in [1.807, 2.05) is 31.4 Å².